The fourth-order valence-electron chi connectivity index (χ4n) is 1.85. The maximum Gasteiger partial charge on any atom is 0.309 e. The van der Waals surface area contributed by atoms with Crippen molar-refractivity contribution in [1.82, 2.24) is 0 Å². The third-order valence-corrected chi connectivity index (χ3v) is 2.49. The number of hydrogen-bond donors (Lipinski definition) is 0. The zero-order valence-corrected chi connectivity index (χ0v) is 5.46. The Morgan fingerprint density at radius 3 is 2.89 bits per heavy atom. The molecule has 2 fully saturated rings. The first-order valence-electron chi connectivity index (χ1n) is 3.51. The van der Waals surface area contributed by atoms with Crippen LogP contribution in [0, 0.1) is 17.8 Å². The number of ether oxygens (including phenoxy) is 1. The van der Waals surface area contributed by atoms with Crippen molar-refractivity contribution < 1.29 is 9.53 Å². The van der Waals surface area contributed by atoms with Crippen LogP contribution in [-0.2, 0) is 9.53 Å². The van der Waals surface area contributed by atoms with Crippen LogP contribution in [0.25, 0.3) is 0 Å². The van der Waals surface area contributed by atoms with Crippen molar-refractivity contribution in [3.63, 3.8) is 0 Å². The Kier molecular flexibility index (Phi) is 0.875. The highest BCUT2D eigenvalue weighted by molar-refractivity contribution is 5.78. The van der Waals surface area contributed by atoms with Gasteiger partial charge in [0.1, 0.15) is 0 Å². The predicted octanol–water partition coefficient (Wildman–Crippen LogP) is 0.815. The summed E-state index contributed by atoms with van der Waals surface area (Å²) in [6.45, 7) is 2.83. The zero-order chi connectivity index (χ0) is 6.43. The highest BCUT2D eigenvalue weighted by Crippen LogP contribution is 2.53. The molecule has 0 amide bonds. The van der Waals surface area contributed by atoms with Gasteiger partial charge in [-0.1, -0.05) is 13.3 Å². The van der Waals surface area contributed by atoms with Crippen molar-refractivity contribution in [2.75, 3.05) is 6.61 Å². The quantitative estimate of drug-likeness (QED) is 0.486. The van der Waals surface area contributed by atoms with Crippen LogP contribution in [0.15, 0.2) is 0 Å². The van der Waals surface area contributed by atoms with E-state index in [1.807, 2.05) is 0 Å². The summed E-state index contributed by atoms with van der Waals surface area (Å²) in [4.78, 5) is 10.8. The number of carbonyl (C=O) groups is 1. The first kappa shape index (κ1) is 5.27. The first-order chi connectivity index (χ1) is 4.34. The molecule has 0 bridgehead atoms. The van der Waals surface area contributed by atoms with Gasteiger partial charge in [-0.15, -0.1) is 0 Å². The lowest BCUT2D eigenvalue weighted by molar-refractivity contribution is -0.141. The summed E-state index contributed by atoms with van der Waals surface area (Å²) in [5, 5.41) is 0. The van der Waals surface area contributed by atoms with E-state index in [4.69, 9.17) is 4.74 Å². The van der Waals surface area contributed by atoms with Crippen LogP contribution in [-0.4, -0.2) is 12.6 Å². The molecule has 2 unspecified atom stereocenters. The lowest BCUT2D eigenvalue weighted by Crippen LogP contribution is -2.03. The van der Waals surface area contributed by atoms with E-state index in [0.717, 1.165) is 6.42 Å². The van der Waals surface area contributed by atoms with Gasteiger partial charge in [0, 0.05) is 5.92 Å². The summed E-state index contributed by atoms with van der Waals surface area (Å²) in [5.74, 6) is 1.62. The van der Waals surface area contributed by atoms with Gasteiger partial charge in [0.2, 0.25) is 0 Å². The van der Waals surface area contributed by atoms with Crippen molar-refractivity contribution in [2.24, 2.45) is 17.8 Å². The standard InChI is InChI=1S/C7H10O2/c1-2-4-5-3-9-7(8)6(4)5/h4-6H,2-3H2,1H3/t4-,5?,6?/m1/s1. The number of fused-ring (bicyclic) bond motifs is 1. The Labute approximate surface area is 54.2 Å². The second-order valence-electron chi connectivity index (χ2n) is 2.89. The average molecular weight is 126 g/mol. The Morgan fingerprint density at radius 1 is 1.78 bits per heavy atom. The molecule has 50 valence electrons. The number of esters is 1. The fraction of sp³-hybridized carbons (Fsp3) is 0.857. The van der Waals surface area contributed by atoms with Gasteiger partial charge in [-0.2, -0.15) is 0 Å². The molecule has 1 aliphatic carbocycles. The molecule has 2 heteroatoms. The molecular formula is C7H10O2. The molecular weight excluding hydrogens is 116 g/mol. The maximum atomic E-state index is 10.8. The van der Waals surface area contributed by atoms with Crippen LogP contribution in [0.3, 0.4) is 0 Å². The molecule has 1 saturated heterocycles. The van der Waals surface area contributed by atoms with E-state index in [1.165, 1.54) is 0 Å². The van der Waals surface area contributed by atoms with Crippen molar-refractivity contribution in [1.29, 1.82) is 0 Å². The van der Waals surface area contributed by atoms with E-state index in [0.29, 0.717) is 24.4 Å². The Balaban J connectivity index is 2.06. The van der Waals surface area contributed by atoms with Gasteiger partial charge >= 0.3 is 5.97 Å². The SMILES string of the molecule is CC[C@@H]1C2COC(=O)C21. The van der Waals surface area contributed by atoms with Crippen molar-refractivity contribution in [3.8, 4) is 0 Å². The van der Waals surface area contributed by atoms with Gasteiger partial charge in [-0.05, 0) is 5.92 Å². The third kappa shape index (κ3) is 0.533. The predicted molar refractivity (Wildman–Crippen MR) is 31.7 cm³/mol. The molecule has 0 N–H and O–H groups in total. The second kappa shape index (κ2) is 1.49. The molecule has 2 rings (SSSR count). The summed E-state index contributed by atoms with van der Waals surface area (Å²) >= 11 is 0. The van der Waals surface area contributed by atoms with Gasteiger partial charge in [0.15, 0.2) is 0 Å². The summed E-state index contributed by atoms with van der Waals surface area (Å²) in [6, 6.07) is 0. The van der Waals surface area contributed by atoms with Gasteiger partial charge in [0.25, 0.3) is 0 Å². The molecule has 1 aliphatic heterocycles. The summed E-state index contributed by atoms with van der Waals surface area (Å²) < 4.78 is 4.81. The van der Waals surface area contributed by atoms with Crippen molar-refractivity contribution >= 4 is 5.97 Å². The maximum absolute atomic E-state index is 10.8. The molecule has 1 heterocycles. The molecule has 0 aromatic rings. The minimum absolute atomic E-state index is 0.0480. The molecule has 0 spiro atoms. The minimum Gasteiger partial charge on any atom is -0.465 e. The van der Waals surface area contributed by atoms with Crippen LogP contribution in [0.2, 0.25) is 0 Å². The van der Waals surface area contributed by atoms with E-state index in [-0.39, 0.29) is 5.97 Å². The fourth-order valence-corrected chi connectivity index (χ4v) is 1.85. The van der Waals surface area contributed by atoms with Gasteiger partial charge in [-0.3, -0.25) is 4.79 Å². The first-order valence-corrected chi connectivity index (χ1v) is 3.51. The molecule has 2 aliphatic rings. The van der Waals surface area contributed by atoms with E-state index >= 15 is 0 Å². The third-order valence-electron chi connectivity index (χ3n) is 2.49. The Morgan fingerprint density at radius 2 is 2.56 bits per heavy atom. The van der Waals surface area contributed by atoms with Gasteiger partial charge in [-0.25, -0.2) is 0 Å². The van der Waals surface area contributed by atoms with E-state index < -0.39 is 0 Å². The smallest absolute Gasteiger partial charge is 0.309 e. The summed E-state index contributed by atoms with van der Waals surface area (Å²) in [7, 11) is 0. The van der Waals surface area contributed by atoms with Gasteiger partial charge < -0.3 is 4.74 Å². The van der Waals surface area contributed by atoms with E-state index in [2.05, 4.69) is 6.92 Å². The van der Waals surface area contributed by atoms with Crippen LogP contribution in [0.4, 0.5) is 0 Å². The topological polar surface area (TPSA) is 26.3 Å². The van der Waals surface area contributed by atoms with Crippen LogP contribution in [0.5, 0.6) is 0 Å². The van der Waals surface area contributed by atoms with Crippen LogP contribution >= 0.6 is 0 Å². The van der Waals surface area contributed by atoms with Crippen molar-refractivity contribution in [3.05, 3.63) is 0 Å². The van der Waals surface area contributed by atoms with Crippen LogP contribution in [0.1, 0.15) is 13.3 Å². The van der Waals surface area contributed by atoms with Gasteiger partial charge in [0.05, 0.1) is 12.5 Å². The van der Waals surface area contributed by atoms with Crippen molar-refractivity contribution in [2.45, 2.75) is 13.3 Å². The highest BCUT2D eigenvalue weighted by Gasteiger charge is 2.59. The molecule has 1 saturated carbocycles. The average Bonchev–Trinajstić information content (AvgIpc) is 2.46. The Hall–Kier alpha value is -0.530. The lowest BCUT2D eigenvalue weighted by Gasteiger charge is -1.98. The minimum atomic E-state index is 0.0480. The molecule has 2 nitrogen and oxygen atoms in total. The van der Waals surface area contributed by atoms with E-state index in [9.17, 15) is 4.79 Å². The molecule has 0 aromatic carbocycles. The molecule has 9 heavy (non-hydrogen) atoms. The van der Waals surface area contributed by atoms with E-state index in [1.54, 1.807) is 0 Å². The zero-order valence-electron chi connectivity index (χ0n) is 5.46. The number of rotatable bonds is 1. The number of hydrogen-bond acceptors (Lipinski definition) is 2. The summed E-state index contributed by atoms with van der Waals surface area (Å²) in [6.07, 6.45) is 1.14. The normalized spacial score (nSPS) is 46.3. The molecule has 0 aromatic heterocycles. The number of carbonyl (C=O) groups excluding carboxylic acids is 1. The summed E-state index contributed by atoms with van der Waals surface area (Å²) in [5.41, 5.74) is 0. The van der Waals surface area contributed by atoms with Crippen LogP contribution < -0.4 is 0 Å². The molecule has 3 atom stereocenters. The Bertz CT molecular complexity index is 149. The highest BCUT2D eigenvalue weighted by atomic mass is 16.5. The largest absolute Gasteiger partial charge is 0.465 e. The number of cyclic esters (lactones) is 1. The monoisotopic (exact) mass is 126 g/mol. The molecule has 0 radical (unpaired) electrons. The lowest BCUT2D eigenvalue weighted by atomic mass is 10.2. The second-order valence-corrected chi connectivity index (χ2v) is 2.89.